The summed E-state index contributed by atoms with van der Waals surface area (Å²) in [6, 6.07) is 12.7. The first-order valence-electron chi connectivity index (χ1n) is 9.28. The number of benzene rings is 2. The minimum Gasteiger partial charge on any atom is -0.355 e. The summed E-state index contributed by atoms with van der Waals surface area (Å²) in [6.07, 6.45) is 3.28. The summed E-state index contributed by atoms with van der Waals surface area (Å²) in [5.41, 5.74) is 0.794. The van der Waals surface area contributed by atoms with Gasteiger partial charge < -0.3 is 10.6 Å². The Morgan fingerprint density at radius 1 is 1.22 bits per heavy atom. The number of carbonyl (C=O) groups is 1. The third kappa shape index (κ3) is 5.78. The van der Waals surface area contributed by atoms with Gasteiger partial charge in [0.1, 0.15) is 16.9 Å². The van der Waals surface area contributed by atoms with E-state index in [1.165, 1.54) is 25.0 Å². The average molecular weight is 390 g/mol. The van der Waals surface area contributed by atoms with Crippen molar-refractivity contribution < 1.29 is 13.6 Å². The summed E-state index contributed by atoms with van der Waals surface area (Å²) in [4.78, 5) is 13.1. The topological polar surface area (TPSA) is 41.1 Å². The van der Waals surface area contributed by atoms with E-state index in [1.807, 2.05) is 30.3 Å². The van der Waals surface area contributed by atoms with Crippen molar-refractivity contribution in [2.75, 3.05) is 19.6 Å². The average Bonchev–Trinajstić information content (AvgIpc) is 2.69. The molecular weight excluding hydrogens is 366 g/mol. The number of piperidine rings is 1. The highest BCUT2D eigenvalue weighted by Crippen LogP contribution is 2.37. The van der Waals surface area contributed by atoms with Gasteiger partial charge >= 0.3 is 0 Å². The second-order valence-electron chi connectivity index (χ2n) is 6.78. The van der Waals surface area contributed by atoms with Gasteiger partial charge in [-0.1, -0.05) is 30.3 Å². The Morgan fingerprint density at radius 2 is 2.04 bits per heavy atom. The van der Waals surface area contributed by atoms with Crippen LogP contribution in [-0.4, -0.2) is 25.5 Å². The van der Waals surface area contributed by atoms with Gasteiger partial charge in [-0.25, -0.2) is 8.78 Å². The number of hydrogen-bond acceptors (Lipinski definition) is 3. The summed E-state index contributed by atoms with van der Waals surface area (Å²) < 4.78 is 27.3. The van der Waals surface area contributed by atoms with Gasteiger partial charge in [0.2, 0.25) is 5.91 Å². The lowest BCUT2D eigenvalue weighted by atomic mass is 9.96. The van der Waals surface area contributed by atoms with Gasteiger partial charge in [0.15, 0.2) is 0 Å². The number of amides is 1. The smallest absolute Gasteiger partial charge is 0.237 e. The highest BCUT2D eigenvalue weighted by Gasteiger charge is 2.23. The Balaban J connectivity index is 1.66. The molecule has 0 aliphatic carbocycles. The van der Waals surface area contributed by atoms with Gasteiger partial charge in [-0.3, -0.25) is 4.79 Å². The van der Waals surface area contributed by atoms with Crippen LogP contribution < -0.4 is 10.6 Å². The molecule has 0 aromatic heterocycles. The lowest BCUT2D eigenvalue weighted by Crippen LogP contribution is -2.34. The molecule has 1 amide bonds. The van der Waals surface area contributed by atoms with Crippen LogP contribution in [0.3, 0.4) is 0 Å². The zero-order valence-corrected chi connectivity index (χ0v) is 15.9. The summed E-state index contributed by atoms with van der Waals surface area (Å²) in [7, 11) is 0. The Morgan fingerprint density at radius 3 is 2.74 bits per heavy atom. The highest BCUT2D eigenvalue weighted by atomic mass is 32.2. The predicted octanol–water partition coefficient (Wildman–Crippen LogP) is 4.30. The molecule has 2 unspecified atom stereocenters. The van der Waals surface area contributed by atoms with Crippen molar-refractivity contribution in [3.63, 3.8) is 0 Å². The molecule has 27 heavy (non-hydrogen) atoms. The molecule has 1 aliphatic heterocycles. The molecule has 1 saturated heterocycles. The standard InChI is InChI=1S/C21H24F2N2OS/c22-17-8-9-19(18(23)13-17)27-20(16-6-2-1-3-7-16)21(26)25-12-10-15-5-4-11-24-14-15/h1-3,6-9,13,15,20,24H,4-5,10-12,14H2,(H,25,26). The first kappa shape index (κ1) is 19.8. The van der Waals surface area contributed by atoms with Gasteiger partial charge in [0.05, 0.1) is 0 Å². The van der Waals surface area contributed by atoms with E-state index in [9.17, 15) is 13.6 Å². The van der Waals surface area contributed by atoms with Gasteiger partial charge in [-0.05, 0) is 56.0 Å². The molecule has 1 aliphatic rings. The van der Waals surface area contributed by atoms with Gasteiger partial charge in [-0.15, -0.1) is 11.8 Å². The summed E-state index contributed by atoms with van der Waals surface area (Å²) in [5.74, 6) is -0.851. The summed E-state index contributed by atoms with van der Waals surface area (Å²) >= 11 is 1.11. The number of hydrogen-bond donors (Lipinski definition) is 2. The molecule has 6 heteroatoms. The monoisotopic (exact) mass is 390 g/mol. The van der Waals surface area contributed by atoms with Crippen LogP contribution in [0.5, 0.6) is 0 Å². The van der Waals surface area contributed by atoms with E-state index < -0.39 is 16.9 Å². The Hall–Kier alpha value is -1.92. The van der Waals surface area contributed by atoms with E-state index >= 15 is 0 Å². The maximum Gasteiger partial charge on any atom is 0.237 e. The molecule has 3 rings (SSSR count). The molecule has 0 radical (unpaired) electrons. The molecule has 0 saturated carbocycles. The van der Waals surface area contributed by atoms with Crippen LogP contribution in [0, 0.1) is 17.6 Å². The molecule has 3 nitrogen and oxygen atoms in total. The molecular formula is C21H24F2N2OS. The molecule has 1 fully saturated rings. The normalized spacial score (nSPS) is 18.1. The van der Waals surface area contributed by atoms with E-state index in [4.69, 9.17) is 0 Å². The Bertz CT molecular complexity index is 751. The minimum atomic E-state index is -0.651. The van der Waals surface area contributed by atoms with Crippen LogP contribution in [-0.2, 0) is 4.79 Å². The fourth-order valence-corrected chi connectivity index (χ4v) is 4.32. The van der Waals surface area contributed by atoms with E-state index in [1.54, 1.807) is 0 Å². The Kier molecular flexibility index (Phi) is 7.24. The molecule has 0 spiro atoms. The van der Waals surface area contributed by atoms with Crippen LogP contribution in [0.2, 0.25) is 0 Å². The first-order valence-corrected chi connectivity index (χ1v) is 10.2. The first-order chi connectivity index (χ1) is 13.1. The highest BCUT2D eigenvalue weighted by molar-refractivity contribution is 8.00. The van der Waals surface area contributed by atoms with Crippen molar-refractivity contribution in [1.29, 1.82) is 0 Å². The molecule has 2 atom stereocenters. The van der Waals surface area contributed by atoms with Crippen molar-refractivity contribution in [3.05, 3.63) is 65.7 Å². The lowest BCUT2D eigenvalue weighted by molar-refractivity contribution is -0.120. The fraction of sp³-hybridized carbons (Fsp3) is 0.381. The van der Waals surface area contributed by atoms with Crippen molar-refractivity contribution >= 4 is 17.7 Å². The van der Waals surface area contributed by atoms with Crippen LogP contribution in [0.4, 0.5) is 8.78 Å². The third-order valence-electron chi connectivity index (χ3n) is 4.73. The lowest BCUT2D eigenvalue weighted by Gasteiger charge is -2.23. The molecule has 1 heterocycles. The Labute approximate surface area is 162 Å². The second kappa shape index (κ2) is 9.85. The molecule has 2 aromatic rings. The van der Waals surface area contributed by atoms with Gasteiger partial charge in [0, 0.05) is 17.5 Å². The van der Waals surface area contributed by atoms with E-state index in [0.717, 1.165) is 42.9 Å². The van der Waals surface area contributed by atoms with Crippen LogP contribution >= 0.6 is 11.8 Å². The zero-order chi connectivity index (χ0) is 19.1. The number of nitrogens with one attached hydrogen (secondary N) is 2. The van der Waals surface area contributed by atoms with E-state index in [2.05, 4.69) is 10.6 Å². The van der Waals surface area contributed by atoms with Crippen molar-refractivity contribution in [2.24, 2.45) is 5.92 Å². The van der Waals surface area contributed by atoms with Crippen LogP contribution in [0.15, 0.2) is 53.4 Å². The maximum absolute atomic E-state index is 14.1. The van der Waals surface area contributed by atoms with Crippen LogP contribution in [0.1, 0.15) is 30.1 Å². The summed E-state index contributed by atoms with van der Waals surface area (Å²) in [6.45, 7) is 2.66. The maximum atomic E-state index is 14.1. The van der Waals surface area contributed by atoms with Gasteiger partial charge in [-0.2, -0.15) is 0 Å². The predicted molar refractivity (Wildman–Crippen MR) is 105 cm³/mol. The van der Waals surface area contributed by atoms with E-state index in [-0.39, 0.29) is 10.8 Å². The minimum absolute atomic E-state index is 0.154. The number of rotatable bonds is 7. The number of halogens is 2. The van der Waals surface area contributed by atoms with Crippen molar-refractivity contribution in [1.82, 2.24) is 10.6 Å². The fourth-order valence-electron chi connectivity index (χ4n) is 3.26. The van der Waals surface area contributed by atoms with Gasteiger partial charge in [0.25, 0.3) is 0 Å². The number of thioether (sulfide) groups is 1. The zero-order valence-electron chi connectivity index (χ0n) is 15.1. The van der Waals surface area contributed by atoms with E-state index in [0.29, 0.717) is 12.5 Å². The molecule has 0 bridgehead atoms. The molecule has 2 aromatic carbocycles. The molecule has 2 N–H and O–H groups in total. The molecule has 144 valence electrons. The largest absolute Gasteiger partial charge is 0.355 e. The number of carbonyl (C=O) groups excluding carboxylic acids is 1. The van der Waals surface area contributed by atoms with Crippen LogP contribution in [0.25, 0.3) is 0 Å². The quantitative estimate of drug-likeness (QED) is 0.693. The second-order valence-corrected chi connectivity index (χ2v) is 7.92. The SMILES string of the molecule is O=C(NCCC1CCCNC1)C(Sc1ccc(F)cc1F)c1ccccc1. The third-order valence-corrected chi connectivity index (χ3v) is 6.04. The van der Waals surface area contributed by atoms with Crippen molar-refractivity contribution in [2.45, 2.75) is 29.4 Å². The summed E-state index contributed by atoms with van der Waals surface area (Å²) in [5, 5.41) is 5.78. The van der Waals surface area contributed by atoms with Crippen molar-refractivity contribution in [3.8, 4) is 0 Å².